The summed E-state index contributed by atoms with van der Waals surface area (Å²) in [5.74, 6) is 0. The van der Waals surface area contributed by atoms with E-state index in [2.05, 4.69) is 0 Å². The highest BCUT2D eigenvalue weighted by Gasteiger charge is 2.41. The smallest absolute Gasteiger partial charge is 0.111 e. The first-order chi connectivity index (χ1) is 5.57. The minimum Gasteiger partial charge on any atom is -0.394 e. The molecule has 0 spiro atoms. The van der Waals surface area contributed by atoms with E-state index in [0.717, 1.165) is 0 Å². The SMILES string of the molecule is C[C@H]1OC(CO)[C@@H](O)C(O)[C@H]1O. The standard InChI is InChI=1S/C7H14O5/c1-3-5(9)7(11)6(10)4(2-8)12-3/h3-11H,2H2,1H3/t3-,4?,5+,6-,7?/m1/s1. The fourth-order valence-electron chi connectivity index (χ4n) is 1.29. The Morgan fingerprint density at radius 1 is 1.08 bits per heavy atom. The van der Waals surface area contributed by atoms with Gasteiger partial charge in [0, 0.05) is 0 Å². The fraction of sp³-hybridized carbons (Fsp3) is 1.00. The summed E-state index contributed by atoms with van der Waals surface area (Å²) in [7, 11) is 0. The molecule has 0 aromatic carbocycles. The Bertz CT molecular complexity index is 146. The van der Waals surface area contributed by atoms with Crippen molar-refractivity contribution >= 4 is 0 Å². The molecule has 4 N–H and O–H groups in total. The molecule has 0 amide bonds. The van der Waals surface area contributed by atoms with E-state index in [4.69, 9.17) is 9.84 Å². The lowest BCUT2D eigenvalue weighted by Crippen LogP contribution is -2.57. The molecule has 0 radical (unpaired) electrons. The van der Waals surface area contributed by atoms with Crippen LogP contribution in [-0.4, -0.2) is 57.6 Å². The van der Waals surface area contributed by atoms with Crippen LogP contribution in [0.15, 0.2) is 0 Å². The number of hydrogen-bond acceptors (Lipinski definition) is 5. The molecule has 72 valence electrons. The lowest BCUT2D eigenvalue weighted by Gasteiger charge is -2.38. The van der Waals surface area contributed by atoms with Crippen LogP contribution in [0.1, 0.15) is 6.92 Å². The van der Waals surface area contributed by atoms with Gasteiger partial charge in [0.2, 0.25) is 0 Å². The molecule has 1 aliphatic rings. The van der Waals surface area contributed by atoms with Gasteiger partial charge >= 0.3 is 0 Å². The predicted molar refractivity (Wildman–Crippen MR) is 39.4 cm³/mol. The minimum atomic E-state index is -1.24. The second-order valence-electron chi connectivity index (χ2n) is 3.03. The first kappa shape index (κ1) is 9.88. The second kappa shape index (κ2) is 3.68. The van der Waals surface area contributed by atoms with Crippen LogP contribution >= 0.6 is 0 Å². The van der Waals surface area contributed by atoms with E-state index in [1.54, 1.807) is 6.92 Å². The molecule has 0 aromatic heterocycles. The highest BCUT2D eigenvalue weighted by Crippen LogP contribution is 2.20. The summed E-state index contributed by atoms with van der Waals surface area (Å²) in [6.07, 6.45) is -4.94. The fourth-order valence-corrected chi connectivity index (χ4v) is 1.29. The van der Waals surface area contributed by atoms with Crippen LogP contribution in [0.3, 0.4) is 0 Å². The minimum absolute atomic E-state index is 0.366. The van der Waals surface area contributed by atoms with Gasteiger partial charge in [0.25, 0.3) is 0 Å². The molecule has 1 rings (SSSR count). The Kier molecular flexibility index (Phi) is 3.03. The van der Waals surface area contributed by atoms with Crippen LogP contribution in [0.25, 0.3) is 0 Å². The lowest BCUT2D eigenvalue weighted by atomic mass is 9.96. The van der Waals surface area contributed by atoms with Gasteiger partial charge in [0.05, 0.1) is 12.7 Å². The van der Waals surface area contributed by atoms with Gasteiger partial charge in [0.1, 0.15) is 24.4 Å². The average molecular weight is 178 g/mol. The highest BCUT2D eigenvalue weighted by atomic mass is 16.5. The first-order valence-corrected chi connectivity index (χ1v) is 3.88. The van der Waals surface area contributed by atoms with Gasteiger partial charge in [-0.1, -0.05) is 0 Å². The monoisotopic (exact) mass is 178 g/mol. The topological polar surface area (TPSA) is 90.2 Å². The quantitative estimate of drug-likeness (QED) is 0.367. The van der Waals surface area contributed by atoms with Gasteiger partial charge in [0.15, 0.2) is 0 Å². The Labute approximate surface area is 70.2 Å². The van der Waals surface area contributed by atoms with Crippen molar-refractivity contribution in [2.24, 2.45) is 0 Å². The largest absolute Gasteiger partial charge is 0.394 e. The van der Waals surface area contributed by atoms with Gasteiger partial charge in [-0.15, -0.1) is 0 Å². The zero-order valence-electron chi connectivity index (χ0n) is 6.79. The molecular weight excluding hydrogens is 164 g/mol. The number of aliphatic hydroxyl groups is 4. The summed E-state index contributed by atoms with van der Waals surface area (Å²) in [6, 6.07) is 0. The molecule has 2 unspecified atom stereocenters. The highest BCUT2D eigenvalue weighted by molar-refractivity contribution is 4.89. The van der Waals surface area contributed by atoms with E-state index in [0.29, 0.717) is 0 Å². The average Bonchev–Trinajstić information content (AvgIpc) is 2.08. The van der Waals surface area contributed by atoms with Gasteiger partial charge < -0.3 is 25.2 Å². The number of ether oxygens (including phenoxy) is 1. The van der Waals surface area contributed by atoms with Gasteiger partial charge in [-0.3, -0.25) is 0 Å². The van der Waals surface area contributed by atoms with Crippen molar-refractivity contribution in [2.75, 3.05) is 6.61 Å². The van der Waals surface area contributed by atoms with Crippen molar-refractivity contribution in [3.8, 4) is 0 Å². The zero-order valence-corrected chi connectivity index (χ0v) is 6.79. The van der Waals surface area contributed by atoms with E-state index in [9.17, 15) is 15.3 Å². The third-order valence-corrected chi connectivity index (χ3v) is 2.13. The van der Waals surface area contributed by atoms with E-state index in [-0.39, 0.29) is 6.61 Å². The molecule has 0 saturated carbocycles. The molecule has 0 aliphatic carbocycles. The molecule has 5 heteroatoms. The van der Waals surface area contributed by atoms with Crippen molar-refractivity contribution in [1.29, 1.82) is 0 Å². The van der Waals surface area contributed by atoms with Gasteiger partial charge in [-0.05, 0) is 6.92 Å². The number of rotatable bonds is 1. The first-order valence-electron chi connectivity index (χ1n) is 3.88. The van der Waals surface area contributed by atoms with E-state index < -0.39 is 30.5 Å². The molecule has 0 bridgehead atoms. The maximum atomic E-state index is 9.23. The van der Waals surface area contributed by atoms with Crippen LogP contribution in [-0.2, 0) is 4.74 Å². The molecule has 1 aliphatic heterocycles. The summed E-state index contributed by atoms with van der Waals surface area (Å²) in [5.41, 5.74) is 0. The second-order valence-corrected chi connectivity index (χ2v) is 3.03. The third-order valence-electron chi connectivity index (χ3n) is 2.13. The van der Waals surface area contributed by atoms with Crippen LogP contribution in [0.4, 0.5) is 0 Å². The molecule has 5 atom stereocenters. The van der Waals surface area contributed by atoms with E-state index >= 15 is 0 Å². The predicted octanol–water partition coefficient (Wildman–Crippen LogP) is -2.15. The zero-order chi connectivity index (χ0) is 9.30. The van der Waals surface area contributed by atoms with Crippen molar-refractivity contribution < 1.29 is 25.2 Å². The number of aliphatic hydroxyl groups excluding tert-OH is 4. The van der Waals surface area contributed by atoms with Crippen LogP contribution in [0, 0.1) is 0 Å². The molecule has 0 aromatic rings. The normalized spacial score (nSPS) is 49.2. The summed E-state index contributed by atoms with van der Waals surface area (Å²) in [4.78, 5) is 0. The van der Waals surface area contributed by atoms with Gasteiger partial charge in [-0.25, -0.2) is 0 Å². The van der Waals surface area contributed by atoms with Crippen molar-refractivity contribution in [1.82, 2.24) is 0 Å². The summed E-state index contributed by atoms with van der Waals surface area (Å²) < 4.78 is 5.02. The van der Waals surface area contributed by atoms with Crippen molar-refractivity contribution in [3.63, 3.8) is 0 Å². The lowest BCUT2D eigenvalue weighted by molar-refractivity contribution is -0.224. The summed E-state index contributed by atoms with van der Waals surface area (Å²) >= 11 is 0. The maximum Gasteiger partial charge on any atom is 0.111 e. The van der Waals surface area contributed by atoms with Crippen molar-refractivity contribution in [3.05, 3.63) is 0 Å². The summed E-state index contributed by atoms with van der Waals surface area (Å²) in [6.45, 7) is 1.21. The molecule has 12 heavy (non-hydrogen) atoms. The maximum absolute atomic E-state index is 9.23. The Hall–Kier alpha value is -0.200. The number of hydrogen-bond donors (Lipinski definition) is 4. The Morgan fingerprint density at radius 3 is 2.17 bits per heavy atom. The summed E-state index contributed by atoms with van der Waals surface area (Å²) in [5, 5.41) is 36.4. The van der Waals surface area contributed by atoms with E-state index in [1.165, 1.54) is 0 Å². The van der Waals surface area contributed by atoms with Crippen LogP contribution < -0.4 is 0 Å². The molecular formula is C7H14O5. The van der Waals surface area contributed by atoms with Crippen molar-refractivity contribution in [2.45, 2.75) is 37.4 Å². The third kappa shape index (κ3) is 1.60. The Balaban J connectivity index is 2.63. The Morgan fingerprint density at radius 2 is 1.67 bits per heavy atom. The molecule has 1 fully saturated rings. The van der Waals surface area contributed by atoms with E-state index in [1.807, 2.05) is 0 Å². The molecule has 5 nitrogen and oxygen atoms in total. The van der Waals surface area contributed by atoms with Crippen LogP contribution in [0.5, 0.6) is 0 Å². The molecule has 1 heterocycles. The molecule has 1 saturated heterocycles. The van der Waals surface area contributed by atoms with Crippen LogP contribution in [0.2, 0.25) is 0 Å². The van der Waals surface area contributed by atoms with Gasteiger partial charge in [-0.2, -0.15) is 0 Å².